The molecule has 1 rings (SSSR count). The Kier molecular flexibility index (Phi) is 4.96. The van der Waals surface area contributed by atoms with Gasteiger partial charge in [-0.3, -0.25) is 0 Å². The number of rotatable bonds is 7. The van der Waals surface area contributed by atoms with Crippen LogP contribution in [0.2, 0.25) is 0 Å². The van der Waals surface area contributed by atoms with E-state index in [0.717, 1.165) is 31.8 Å². The van der Waals surface area contributed by atoms with Crippen molar-refractivity contribution in [2.45, 2.75) is 45.8 Å². The minimum absolute atomic E-state index is 0.585. The Morgan fingerprint density at radius 2 is 2.31 bits per heavy atom. The second-order valence-electron chi connectivity index (χ2n) is 4.59. The van der Waals surface area contributed by atoms with E-state index in [1.165, 1.54) is 0 Å². The van der Waals surface area contributed by atoms with Gasteiger partial charge in [0, 0.05) is 32.0 Å². The summed E-state index contributed by atoms with van der Waals surface area (Å²) in [6.45, 7) is 8.36. The fourth-order valence-corrected chi connectivity index (χ4v) is 1.82. The molecule has 4 heteroatoms. The Labute approximate surface area is 97.7 Å². The van der Waals surface area contributed by atoms with Crippen LogP contribution in [-0.2, 0) is 6.54 Å². The first kappa shape index (κ1) is 13.2. The molecule has 0 radical (unpaired) electrons. The quantitative estimate of drug-likeness (QED) is 0.688. The van der Waals surface area contributed by atoms with E-state index in [1.54, 1.807) is 0 Å². The first-order chi connectivity index (χ1) is 7.55. The highest BCUT2D eigenvalue weighted by molar-refractivity contribution is 4.88. The number of imidazole rings is 1. The zero-order valence-corrected chi connectivity index (χ0v) is 10.5. The largest absolute Gasteiger partial charge is 0.389 e. The number of aliphatic hydroxyl groups is 1. The molecule has 0 aliphatic heterocycles. The molecule has 1 aromatic rings. The summed E-state index contributed by atoms with van der Waals surface area (Å²) in [6, 6.07) is 0. The minimum atomic E-state index is -0.585. The maximum atomic E-state index is 9.94. The van der Waals surface area contributed by atoms with E-state index < -0.39 is 5.60 Å². The predicted octanol–water partition coefficient (Wildman–Crippen LogP) is 1.33. The lowest BCUT2D eigenvalue weighted by molar-refractivity contribution is 0.0501. The third-order valence-corrected chi connectivity index (χ3v) is 2.75. The number of nitrogens with zero attached hydrogens (tertiary/aromatic N) is 2. The van der Waals surface area contributed by atoms with Gasteiger partial charge in [0.25, 0.3) is 0 Å². The van der Waals surface area contributed by atoms with E-state index in [0.29, 0.717) is 6.54 Å². The van der Waals surface area contributed by atoms with Gasteiger partial charge in [0.1, 0.15) is 5.82 Å². The summed E-state index contributed by atoms with van der Waals surface area (Å²) < 4.78 is 2.10. The molecule has 0 spiro atoms. The molecule has 1 aromatic heterocycles. The molecule has 0 aliphatic rings. The number of hydrogen-bond donors (Lipinski definition) is 2. The normalized spacial score (nSPS) is 15.0. The molecule has 1 atom stereocenters. The Morgan fingerprint density at radius 3 is 2.88 bits per heavy atom. The van der Waals surface area contributed by atoms with E-state index in [-0.39, 0.29) is 0 Å². The lowest BCUT2D eigenvalue weighted by Gasteiger charge is -2.23. The van der Waals surface area contributed by atoms with Gasteiger partial charge in [0.2, 0.25) is 0 Å². The molecule has 0 fully saturated rings. The second kappa shape index (κ2) is 6.01. The van der Waals surface area contributed by atoms with E-state index in [1.807, 2.05) is 26.2 Å². The van der Waals surface area contributed by atoms with Crippen molar-refractivity contribution in [3.05, 3.63) is 18.2 Å². The van der Waals surface area contributed by atoms with Crippen LogP contribution in [0.3, 0.4) is 0 Å². The fourth-order valence-electron chi connectivity index (χ4n) is 1.82. The standard InChI is InChI=1S/C12H23N3O/c1-4-5-12(3,16)10-13-6-8-15-9-7-14-11(15)2/h7,9,13,16H,4-6,8,10H2,1-3H3. The van der Waals surface area contributed by atoms with Crippen LogP contribution in [0.25, 0.3) is 0 Å². The molecule has 2 N–H and O–H groups in total. The van der Waals surface area contributed by atoms with Crippen LogP contribution in [-0.4, -0.2) is 33.3 Å². The molecule has 4 nitrogen and oxygen atoms in total. The van der Waals surface area contributed by atoms with Crippen molar-refractivity contribution < 1.29 is 5.11 Å². The predicted molar refractivity (Wildman–Crippen MR) is 65.4 cm³/mol. The number of aromatic nitrogens is 2. The van der Waals surface area contributed by atoms with Gasteiger partial charge in [-0.05, 0) is 20.3 Å². The van der Waals surface area contributed by atoms with Crippen molar-refractivity contribution in [1.82, 2.24) is 14.9 Å². The topological polar surface area (TPSA) is 50.1 Å². The Balaban J connectivity index is 2.19. The van der Waals surface area contributed by atoms with Crippen LogP contribution >= 0.6 is 0 Å². The molecule has 92 valence electrons. The van der Waals surface area contributed by atoms with E-state index in [2.05, 4.69) is 21.8 Å². The highest BCUT2D eigenvalue weighted by Crippen LogP contribution is 2.09. The van der Waals surface area contributed by atoms with Crippen LogP contribution in [0.1, 0.15) is 32.5 Å². The molecule has 0 saturated carbocycles. The summed E-state index contributed by atoms with van der Waals surface area (Å²) in [4.78, 5) is 4.16. The van der Waals surface area contributed by atoms with Crippen molar-refractivity contribution >= 4 is 0 Å². The Hall–Kier alpha value is -0.870. The average molecular weight is 225 g/mol. The zero-order chi connectivity index (χ0) is 12.0. The maximum Gasteiger partial charge on any atom is 0.105 e. The van der Waals surface area contributed by atoms with Crippen molar-refractivity contribution in [3.63, 3.8) is 0 Å². The van der Waals surface area contributed by atoms with E-state index >= 15 is 0 Å². The molecule has 0 aromatic carbocycles. The van der Waals surface area contributed by atoms with Crippen LogP contribution in [0.15, 0.2) is 12.4 Å². The number of hydrogen-bond acceptors (Lipinski definition) is 3. The summed E-state index contributed by atoms with van der Waals surface area (Å²) in [7, 11) is 0. The van der Waals surface area contributed by atoms with E-state index in [4.69, 9.17) is 0 Å². The van der Waals surface area contributed by atoms with Gasteiger partial charge in [-0.1, -0.05) is 13.3 Å². The molecular formula is C12H23N3O. The van der Waals surface area contributed by atoms with Gasteiger partial charge in [-0.2, -0.15) is 0 Å². The molecule has 1 heterocycles. The Morgan fingerprint density at radius 1 is 1.56 bits per heavy atom. The zero-order valence-electron chi connectivity index (χ0n) is 10.5. The van der Waals surface area contributed by atoms with Gasteiger partial charge < -0.3 is 15.0 Å². The first-order valence-corrected chi connectivity index (χ1v) is 5.96. The maximum absolute atomic E-state index is 9.94. The molecule has 0 aliphatic carbocycles. The van der Waals surface area contributed by atoms with E-state index in [9.17, 15) is 5.11 Å². The number of nitrogens with one attached hydrogen (secondary N) is 1. The Bertz CT molecular complexity index is 307. The highest BCUT2D eigenvalue weighted by Gasteiger charge is 2.17. The van der Waals surface area contributed by atoms with Gasteiger partial charge in [0.15, 0.2) is 0 Å². The summed E-state index contributed by atoms with van der Waals surface area (Å²) in [5, 5.41) is 13.2. The smallest absolute Gasteiger partial charge is 0.105 e. The first-order valence-electron chi connectivity index (χ1n) is 5.96. The minimum Gasteiger partial charge on any atom is -0.389 e. The monoisotopic (exact) mass is 225 g/mol. The fraction of sp³-hybridized carbons (Fsp3) is 0.750. The third-order valence-electron chi connectivity index (χ3n) is 2.75. The highest BCUT2D eigenvalue weighted by atomic mass is 16.3. The van der Waals surface area contributed by atoms with Gasteiger partial charge in [-0.15, -0.1) is 0 Å². The van der Waals surface area contributed by atoms with Gasteiger partial charge >= 0.3 is 0 Å². The van der Waals surface area contributed by atoms with Gasteiger partial charge in [-0.25, -0.2) is 4.98 Å². The lowest BCUT2D eigenvalue weighted by atomic mass is 10.0. The van der Waals surface area contributed by atoms with Crippen LogP contribution in [0, 0.1) is 6.92 Å². The molecule has 1 unspecified atom stereocenters. The molecule has 0 saturated heterocycles. The molecule has 0 bridgehead atoms. The molecule has 16 heavy (non-hydrogen) atoms. The SMILES string of the molecule is CCCC(C)(O)CNCCn1ccnc1C. The van der Waals surface area contributed by atoms with Crippen LogP contribution in [0.5, 0.6) is 0 Å². The van der Waals surface area contributed by atoms with Crippen LogP contribution < -0.4 is 5.32 Å². The summed E-state index contributed by atoms with van der Waals surface area (Å²) >= 11 is 0. The number of aryl methyl sites for hydroxylation is 1. The summed E-state index contributed by atoms with van der Waals surface area (Å²) in [6.07, 6.45) is 5.63. The molecular weight excluding hydrogens is 202 g/mol. The molecule has 0 amide bonds. The van der Waals surface area contributed by atoms with Crippen LogP contribution in [0.4, 0.5) is 0 Å². The second-order valence-corrected chi connectivity index (χ2v) is 4.59. The van der Waals surface area contributed by atoms with Crippen molar-refractivity contribution in [2.75, 3.05) is 13.1 Å². The third kappa shape index (κ3) is 4.33. The average Bonchev–Trinajstić information content (AvgIpc) is 2.59. The summed E-state index contributed by atoms with van der Waals surface area (Å²) in [5.41, 5.74) is -0.585. The van der Waals surface area contributed by atoms with Crippen molar-refractivity contribution in [1.29, 1.82) is 0 Å². The van der Waals surface area contributed by atoms with Crippen molar-refractivity contribution in [2.24, 2.45) is 0 Å². The summed E-state index contributed by atoms with van der Waals surface area (Å²) in [5.74, 6) is 1.03. The lowest BCUT2D eigenvalue weighted by Crippen LogP contribution is -2.38. The van der Waals surface area contributed by atoms with Crippen molar-refractivity contribution in [3.8, 4) is 0 Å². The van der Waals surface area contributed by atoms with Gasteiger partial charge in [0.05, 0.1) is 5.60 Å².